The van der Waals surface area contributed by atoms with E-state index in [0.717, 1.165) is 12.8 Å². The van der Waals surface area contributed by atoms with Crippen molar-refractivity contribution in [3.05, 3.63) is 47.8 Å². The van der Waals surface area contributed by atoms with Crippen LogP contribution in [0, 0.1) is 17.7 Å². The van der Waals surface area contributed by atoms with Crippen LogP contribution in [0.4, 0.5) is 4.39 Å². The number of carbonyl (C=O) groups is 4. The molecule has 1 heterocycles. The molecule has 3 rings (SSSR count). The van der Waals surface area contributed by atoms with Gasteiger partial charge < -0.3 is 10.2 Å². The smallest absolute Gasteiger partial charge is 0.242 e. The highest BCUT2D eigenvalue weighted by Crippen LogP contribution is 2.35. The molecule has 4 amide bonds. The number of imide groups is 1. The second-order valence-corrected chi connectivity index (χ2v) is 8.67. The van der Waals surface area contributed by atoms with Gasteiger partial charge in [0.1, 0.15) is 11.9 Å². The Morgan fingerprint density at radius 3 is 2.39 bits per heavy atom. The van der Waals surface area contributed by atoms with Gasteiger partial charge in [0.25, 0.3) is 0 Å². The molecule has 1 aliphatic carbocycles. The van der Waals surface area contributed by atoms with Gasteiger partial charge in [-0.25, -0.2) is 4.39 Å². The zero-order valence-electron chi connectivity index (χ0n) is 19.3. The van der Waals surface area contributed by atoms with Gasteiger partial charge in [-0.1, -0.05) is 43.7 Å². The van der Waals surface area contributed by atoms with Crippen LogP contribution in [0.15, 0.2) is 36.4 Å². The van der Waals surface area contributed by atoms with E-state index in [2.05, 4.69) is 5.32 Å². The maximum Gasteiger partial charge on any atom is 0.242 e. The molecule has 1 N–H and O–H groups in total. The fraction of sp³-hybridized carbons (Fsp3) is 0.520. The van der Waals surface area contributed by atoms with Crippen molar-refractivity contribution in [2.75, 3.05) is 13.1 Å². The van der Waals surface area contributed by atoms with Gasteiger partial charge in [-0.2, -0.15) is 0 Å². The molecule has 2 aliphatic rings. The lowest BCUT2D eigenvalue weighted by molar-refractivity contribution is -0.143. The number of hydrogen-bond donors (Lipinski definition) is 1. The van der Waals surface area contributed by atoms with Crippen LogP contribution in [0.3, 0.4) is 0 Å². The molecule has 1 fully saturated rings. The van der Waals surface area contributed by atoms with Crippen LogP contribution in [0.1, 0.15) is 51.5 Å². The Morgan fingerprint density at radius 1 is 1.15 bits per heavy atom. The van der Waals surface area contributed by atoms with E-state index < -0.39 is 17.8 Å². The molecule has 7 nitrogen and oxygen atoms in total. The van der Waals surface area contributed by atoms with E-state index in [1.54, 1.807) is 25.1 Å². The van der Waals surface area contributed by atoms with Crippen LogP contribution >= 0.6 is 0 Å². The third kappa shape index (κ3) is 5.67. The highest BCUT2D eigenvalue weighted by atomic mass is 19.1. The summed E-state index contributed by atoms with van der Waals surface area (Å²) >= 11 is 0. The first kappa shape index (κ1) is 24.6. The van der Waals surface area contributed by atoms with Crippen molar-refractivity contribution in [2.45, 2.75) is 58.5 Å². The monoisotopic (exact) mass is 457 g/mol. The summed E-state index contributed by atoms with van der Waals surface area (Å²) < 4.78 is 14.3. The van der Waals surface area contributed by atoms with E-state index in [4.69, 9.17) is 0 Å². The highest BCUT2D eigenvalue weighted by molar-refractivity contribution is 6.05. The number of carbonyl (C=O) groups excluding carboxylic acids is 4. The first-order valence-electron chi connectivity index (χ1n) is 11.7. The van der Waals surface area contributed by atoms with Gasteiger partial charge in [-0.3, -0.25) is 24.1 Å². The molecule has 0 aromatic heterocycles. The van der Waals surface area contributed by atoms with E-state index in [9.17, 15) is 23.6 Å². The van der Waals surface area contributed by atoms with Crippen molar-refractivity contribution < 1.29 is 23.6 Å². The minimum Gasteiger partial charge on any atom is -0.354 e. The molecule has 0 saturated carbocycles. The minimum absolute atomic E-state index is 0.0402. The molecule has 0 bridgehead atoms. The lowest BCUT2D eigenvalue weighted by Gasteiger charge is -2.29. The molecule has 8 heteroatoms. The van der Waals surface area contributed by atoms with Crippen molar-refractivity contribution in [1.82, 2.24) is 15.1 Å². The second kappa shape index (κ2) is 11.2. The van der Waals surface area contributed by atoms with Crippen molar-refractivity contribution in [3.63, 3.8) is 0 Å². The maximum atomic E-state index is 14.3. The van der Waals surface area contributed by atoms with Gasteiger partial charge in [0.05, 0.1) is 11.8 Å². The average molecular weight is 458 g/mol. The summed E-state index contributed by atoms with van der Waals surface area (Å²) in [6, 6.07) is 5.28. The van der Waals surface area contributed by atoms with E-state index in [1.807, 2.05) is 19.1 Å². The lowest BCUT2D eigenvalue weighted by Crippen LogP contribution is -2.48. The summed E-state index contributed by atoms with van der Waals surface area (Å²) in [5.41, 5.74) is 0.296. The van der Waals surface area contributed by atoms with Crippen LogP contribution in [0.25, 0.3) is 0 Å². The number of likely N-dealkylation sites (tertiary alicyclic amines) is 1. The number of amides is 4. The van der Waals surface area contributed by atoms with Crippen LogP contribution in [-0.4, -0.2) is 52.6 Å². The molecule has 33 heavy (non-hydrogen) atoms. The topological polar surface area (TPSA) is 86.8 Å². The normalized spacial score (nSPS) is 20.5. The molecule has 1 aliphatic heterocycles. The maximum absolute atomic E-state index is 14.3. The van der Waals surface area contributed by atoms with E-state index in [0.29, 0.717) is 24.9 Å². The number of nitrogens with zero attached hydrogens (tertiary/aromatic N) is 2. The van der Waals surface area contributed by atoms with Crippen LogP contribution < -0.4 is 5.32 Å². The van der Waals surface area contributed by atoms with E-state index in [1.165, 1.54) is 15.9 Å². The predicted octanol–water partition coefficient (Wildman–Crippen LogP) is 2.80. The van der Waals surface area contributed by atoms with Crippen molar-refractivity contribution in [3.8, 4) is 0 Å². The summed E-state index contributed by atoms with van der Waals surface area (Å²) in [5.74, 6) is -2.38. The average Bonchev–Trinajstić information content (AvgIpc) is 3.06. The Morgan fingerprint density at radius 2 is 1.79 bits per heavy atom. The van der Waals surface area contributed by atoms with Crippen LogP contribution in [0.5, 0.6) is 0 Å². The summed E-state index contributed by atoms with van der Waals surface area (Å²) in [4.78, 5) is 53.7. The molecule has 1 aromatic rings. The molecular formula is C25H32FN3O4. The third-order valence-electron chi connectivity index (χ3n) is 6.44. The van der Waals surface area contributed by atoms with Gasteiger partial charge in [0.2, 0.25) is 23.6 Å². The number of nitrogens with one attached hydrogen (secondary N) is 1. The van der Waals surface area contributed by atoms with Gasteiger partial charge >= 0.3 is 0 Å². The third-order valence-corrected chi connectivity index (χ3v) is 6.44. The number of allylic oxidation sites excluding steroid dienone is 2. The van der Waals surface area contributed by atoms with E-state index in [-0.39, 0.29) is 49.1 Å². The predicted molar refractivity (Wildman–Crippen MR) is 121 cm³/mol. The SMILES string of the molecule is CCCCNC(=O)[C@H](C)N(Cc1ccccc1F)C(=O)CCN1C(=O)[C@H]2CC=CC[C@H]2C1=O. The molecule has 0 radical (unpaired) electrons. The molecule has 0 unspecified atom stereocenters. The number of benzene rings is 1. The van der Waals surface area contributed by atoms with Crippen molar-refractivity contribution >= 4 is 23.6 Å². The zero-order chi connectivity index (χ0) is 24.0. The Bertz CT molecular complexity index is 906. The first-order chi connectivity index (χ1) is 15.8. The Hall–Kier alpha value is -3.03. The van der Waals surface area contributed by atoms with Gasteiger partial charge in [0.15, 0.2) is 0 Å². The van der Waals surface area contributed by atoms with Gasteiger partial charge in [-0.15, -0.1) is 0 Å². The first-order valence-corrected chi connectivity index (χ1v) is 11.7. The zero-order valence-corrected chi connectivity index (χ0v) is 19.3. The number of hydrogen-bond acceptors (Lipinski definition) is 4. The minimum atomic E-state index is -0.828. The fourth-order valence-electron chi connectivity index (χ4n) is 4.37. The molecule has 1 saturated heterocycles. The Kier molecular flexibility index (Phi) is 8.36. The number of fused-ring (bicyclic) bond motifs is 1. The highest BCUT2D eigenvalue weighted by Gasteiger charge is 2.47. The number of halogens is 1. The summed E-state index contributed by atoms with van der Waals surface area (Å²) in [6.45, 7) is 3.99. The molecular weight excluding hydrogens is 425 g/mol. The largest absolute Gasteiger partial charge is 0.354 e. The Balaban J connectivity index is 1.70. The summed E-state index contributed by atoms with van der Waals surface area (Å²) in [7, 11) is 0. The molecule has 0 spiro atoms. The van der Waals surface area contributed by atoms with Crippen molar-refractivity contribution in [1.29, 1.82) is 0 Å². The van der Waals surface area contributed by atoms with Crippen molar-refractivity contribution in [2.24, 2.45) is 11.8 Å². The molecule has 3 atom stereocenters. The van der Waals surface area contributed by atoms with Crippen LogP contribution in [-0.2, 0) is 25.7 Å². The number of unbranched alkanes of at least 4 members (excludes halogenated alkanes) is 1. The summed E-state index contributed by atoms with van der Waals surface area (Å²) in [5, 5.41) is 2.81. The van der Waals surface area contributed by atoms with Gasteiger partial charge in [-0.05, 0) is 32.3 Å². The Labute approximate surface area is 194 Å². The van der Waals surface area contributed by atoms with Gasteiger partial charge in [0, 0.05) is 31.6 Å². The quantitative estimate of drug-likeness (QED) is 0.333. The van der Waals surface area contributed by atoms with E-state index >= 15 is 0 Å². The molecule has 1 aromatic carbocycles. The lowest BCUT2D eigenvalue weighted by atomic mass is 9.85. The second-order valence-electron chi connectivity index (χ2n) is 8.67. The fourth-order valence-corrected chi connectivity index (χ4v) is 4.37. The summed E-state index contributed by atoms with van der Waals surface area (Å²) in [6.07, 6.45) is 6.51. The standard InChI is InChI=1S/C25H32FN3O4/c1-3-4-14-27-23(31)17(2)29(16-18-9-5-8-12-21(18)26)22(30)13-15-28-24(32)19-10-6-7-11-20(19)25(28)33/h5-9,12,17,19-20H,3-4,10-11,13-16H2,1-2H3,(H,27,31)/t17-,19-,20+/m0/s1. The number of rotatable bonds is 10. The van der Waals surface area contributed by atoms with Crippen LogP contribution in [0.2, 0.25) is 0 Å². The molecule has 178 valence electrons.